The molecule has 1 aliphatic carbocycles. The van der Waals surface area contributed by atoms with Gasteiger partial charge < -0.3 is 14.6 Å². The van der Waals surface area contributed by atoms with Crippen molar-refractivity contribution in [2.75, 3.05) is 14.2 Å². The van der Waals surface area contributed by atoms with Gasteiger partial charge in [-0.05, 0) is 30.9 Å². The maximum atomic E-state index is 11.4. The molecule has 4 nitrogen and oxygen atoms in total. The van der Waals surface area contributed by atoms with Crippen molar-refractivity contribution in [2.45, 2.75) is 18.8 Å². The zero-order chi connectivity index (χ0) is 12.4. The molecule has 1 aromatic rings. The van der Waals surface area contributed by atoms with Crippen LogP contribution in [-0.4, -0.2) is 25.3 Å². The van der Waals surface area contributed by atoms with Crippen molar-refractivity contribution in [2.24, 2.45) is 5.92 Å². The number of carboxylic acids is 1. The number of carboxylic acid groups (broad SMARTS) is 1. The fourth-order valence-corrected chi connectivity index (χ4v) is 2.18. The van der Waals surface area contributed by atoms with Gasteiger partial charge in [-0.25, -0.2) is 0 Å². The van der Waals surface area contributed by atoms with Crippen LogP contribution in [0.15, 0.2) is 18.2 Å². The minimum Gasteiger partial charge on any atom is -0.496 e. The Kier molecular flexibility index (Phi) is 3.22. The van der Waals surface area contributed by atoms with Crippen LogP contribution >= 0.6 is 0 Å². The van der Waals surface area contributed by atoms with Crippen molar-refractivity contribution in [3.63, 3.8) is 0 Å². The molecule has 92 valence electrons. The zero-order valence-electron chi connectivity index (χ0n) is 9.97. The molecule has 0 aliphatic heterocycles. The number of aliphatic carboxylic acids is 1. The molecule has 1 N–H and O–H groups in total. The van der Waals surface area contributed by atoms with Gasteiger partial charge >= 0.3 is 5.97 Å². The lowest BCUT2D eigenvalue weighted by Crippen LogP contribution is -2.15. The predicted octanol–water partition coefficient (Wildman–Crippen LogP) is 2.28. The second-order valence-electron chi connectivity index (χ2n) is 4.23. The topological polar surface area (TPSA) is 55.8 Å². The summed E-state index contributed by atoms with van der Waals surface area (Å²) >= 11 is 0. The summed E-state index contributed by atoms with van der Waals surface area (Å²) < 4.78 is 10.5. The van der Waals surface area contributed by atoms with Gasteiger partial charge in [0, 0.05) is 0 Å². The number of rotatable bonds is 5. The lowest BCUT2D eigenvalue weighted by molar-refractivity contribution is -0.139. The summed E-state index contributed by atoms with van der Waals surface area (Å²) in [6.07, 6.45) is 1.91. The Labute approximate surface area is 100 Å². The number of hydrogen-bond donors (Lipinski definition) is 1. The maximum Gasteiger partial charge on any atom is 0.311 e. The average Bonchev–Trinajstić information content (AvgIpc) is 3.13. The van der Waals surface area contributed by atoms with E-state index in [-0.39, 0.29) is 5.92 Å². The first-order chi connectivity index (χ1) is 8.19. The highest BCUT2D eigenvalue weighted by Gasteiger charge is 2.40. The molecule has 1 aliphatic rings. The molecular weight excluding hydrogens is 220 g/mol. The third-order valence-corrected chi connectivity index (χ3v) is 3.14. The first kappa shape index (κ1) is 11.8. The lowest BCUT2D eigenvalue weighted by Gasteiger charge is -2.18. The molecule has 1 unspecified atom stereocenters. The van der Waals surface area contributed by atoms with Crippen LogP contribution in [0.5, 0.6) is 11.5 Å². The Morgan fingerprint density at radius 1 is 1.29 bits per heavy atom. The highest BCUT2D eigenvalue weighted by Crippen LogP contribution is 2.48. The molecule has 1 atom stereocenters. The Balaban J connectivity index is 2.49. The SMILES string of the molecule is COc1cccc(OC)c1C(C(=O)O)C1CC1. The summed E-state index contributed by atoms with van der Waals surface area (Å²) in [5.74, 6) is 0.0430. The summed E-state index contributed by atoms with van der Waals surface area (Å²) in [6, 6.07) is 5.35. The fourth-order valence-electron chi connectivity index (χ4n) is 2.18. The molecule has 1 saturated carbocycles. The van der Waals surface area contributed by atoms with Crippen LogP contribution in [-0.2, 0) is 4.79 Å². The van der Waals surface area contributed by atoms with Gasteiger partial charge in [0.15, 0.2) is 0 Å². The van der Waals surface area contributed by atoms with Crippen LogP contribution < -0.4 is 9.47 Å². The van der Waals surface area contributed by atoms with E-state index in [1.54, 1.807) is 32.4 Å². The van der Waals surface area contributed by atoms with Crippen molar-refractivity contribution in [1.29, 1.82) is 0 Å². The standard InChI is InChI=1S/C13H16O4/c1-16-9-4-3-5-10(17-2)12(9)11(13(14)15)8-6-7-8/h3-5,8,11H,6-7H2,1-2H3,(H,14,15). The van der Waals surface area contributed by atoms with Crippen LogP contribution in [0.1, 0.15) is 24.3 Å². The Hall–Kier alpha value is -1.71. The molecule has 0 aromatic heterocycles. The van der Waals surface area contributed by atoms with E-state index in [0.29, 0.717) is 17.1 Å². The first-order valence-corrected chi connectivity index (χ1v) is 5.62. The van der Waals surface area contributed by atoms with Crippen molar-refractivity contribution >= 4 is 5.97 Å². The molecule has 17 heavy (non-hydrogen) atoms. The quantitative estimate of drug-likeness (QED) is 0.852. The number of carbonyl (C=O) groups is 1. The average molecular weight is 236 g/mol. The number of methoxy groups -OCH3 is 2. The molecule has 4 heteroatoms. The van der Waals surface area contributed by atoms with E-state index < -0.39 is 11.9 Å². The molecule has 2 rings (SSSR count). The molecule has 1 fully saturated rings. The van der Waals surface area contributed by atoms with Crippen LogP contribution in [0.3, 0.4) is 0 Å². The summed E-state index contributed by atoms with van der Waals surface area (Å²) in [7, 11) is 3.09. The second kappa shape index (κ2) is 4.65. The molecule has 0 spiro atoms. The van der Waals surface area contributed by atoms with Gasteiger partial charge in [0.05, 0.1) is 25.7 Å². The Morgan fingerprint density at radius 3 is 2.18 bits per heavy atom. The van der Waals surface area contributed by atoms with E-state index in [1.165, 1.54) is 0 Å². The summed E-state index contributed by atoms with van der Waals surface area (Å²) in [4.78, 5) is 11.4. The van der Waals surface area contributed by atoms with Crippen LogP contribution in [0.4, 0.5) is 0 Å². The van der Waals surface area contributed by atoms with Gasteiger partial charge in [-0.2, -0.15) is 0 Å². The van der Waals surface area contributed by atoms with Crippen molar-refractivity contribution in [3.05, 3.63) is 23.8 Å². The van der Waals surface area contributed by atoms with Gasteiger partial charge in [0.2, 0.25) is 0 Å². The Bertz CT molecular complexity index is 401. The number of benzene rings is 1. The molecule has 1 aromatic carbocycles. The van der Waals surface area contributed by atoms with Crippen LogP contribution in [0.25, 0.3) is 0 Å². The zero-order valence-corrected chi connectivity index (χ0v) is 9.97. The molecular formula is C13H16O4. The fraction of sp³-hybridized carbons (Fsp3) is 0.462. The van der Waals surface area contributed by atoms with Crippen LogP contribution in [0.2, 0.25) is 0 Å². The number of ether oxygens (including phenoxy) is 2. The molecule has 0 amide bonds. The lowest BCUT2D eigenvalue weighted by atomic mass is 9.92. The number of hydrogen-bond acceptors (Lipinski definition) is 3. The van der Waals surface area contributed by atoms with E-state index in [9.17, 15) is 9.90 Å². The highest BCUT2D eigenvalue weighted by atomic mass is 16.5. The van der Waals surface area contributed by atoms with E-state index in [4.69, 9.17) is 9.47 Å². The third-order valence-electron chi connectivity index (χ3n) is 3.14. The van der Waals surface area contributed by atoms with Crippen molar-refractivity contribution < 1.29 is 19.4 Å². The summed E-state index contributed by atoms with van der Waals surface area (Å²) in [5.41, 5.74) is 0.660. The first-order valence-electron chi connectivity index (χ1n) is 5.62. The normalized spacial score (nSPS) is 16.4. The van der Waals surface area contributed by atoms with Gasteiger partial charge in [-0.3, -0.25) is 4.79 Å². The molecule has 0 radical (unpaired) electrons. The van der Waals surface area contributed by atoms with E-state index in [1.807, 2.05) is 0 Å². The largest absolute Gasteiger partial charge is 0.496 e. The van der Waals surface area contributed by atoms with Crippen LogP contribution in [0, 0.1) is 5.92 Å². The van der Waals surface area contributed by atoms with E-state index in [0.717, 1.165) is 12.8 Å². The maximum absolute atomic E-state index is 11.4. The molecule has 0 heterocycles. The van der Waals surface area contributed by atoms with Gasteiger partial charge in [-0.15, -0.1) is 0 Å². The minimum atomic E-state index is -0.810. The second-order valence-corrected chi connectivity index (χ2v) is 4.23. The van der Waals surface area contributed by atoms with Gasteiger partial charge in [-0.1, -0.05) is 6.07 Å². The predicted molar refractivity (Wildman–Crippen MR) is 62.6 cm³/mol. The molecule has 0 saturated heterocycles. The van der Waals surface area contributed by atoms with E-state index in [2.05, 4.69) is 0 Å². The summed E-state index contributed by atoms with van der Waals surface area (Å²) in [6.45, 7) is 0. The van der Waals surface area contributed by atoms with Crippen molar-refractivity contribution in [3.8, 4) is 11.5 Å². The highest BCUT2D eigenvalue weighted by molar-refractivity contribution is 5.79. The van der Waals surface area contributed by atoms with Gasteiger partial charge in [0.1, 0.15) is 11.5 Å². The van der Waals surface area contributed by atoms with E-state index >= 15 is 0 Å². The van der Waals surface area contributed by atoms with Crippen molar-refractivity contribution in [1.82, 2.24) is 0 Å². The third kappa shape index (κ3) is 2.20. The minimum absolute atomic E-state index is 0.206. The van der Waals surface area contributed by atoms with Gasteiger partial charge in [0.25, 0.3) is 0 Å². The molecule has 0 bridgehead atoms. The monoisotopic (exact) mass is 236 g/mol. The Morgan fingerprint density at radius 2 is 1.82 bits per heavy atom. The smallest absolute Gasteiger partial charge is 0.311 e. The summed E-state index contributed by atoms with van der Waals surface area (Å²) in [5, 5.41) is 9.37.